The van der Waals surface area contributed by atoms with Gasteiger partial charge in [0, 0.05) is 4.47 Å². The Labute approximate surface area is 121 Å². The Kier molecular flexibility index (Phi) is 4.11. The third-order valence-corrected chi connectivity index (χ3v) is 4.16. The lowest BCUT2D eigenvalue weighted by molar-refractivity contribution is -0.133. The van der Waals surface area contributed by atoms with Gasteiger partial charge in [0.2, 0.25) is 0 Å². The second kappa shape index (κ2) is 5.62. The van der Waals surface area contributed by atoms with Crippen LogP contribution in [0.25, 0.3) is 5.69 Å². The van der Waals surface area contributed by atoms with Gasteiger partial charge in [0.1, 0.15) is 0 Å². The Morgan fingerprint density at radius 2 is 2.32 bits per heavy atom. The Morgan fingerprint density at radius 1 is 1.58 bits per heavy atom. The van der Waals surface area contributed by atoms with E-state index in [0.29, 0.717) is 10.8 Å². The molecule has 2 rings (SSSR count). The van der Waals surface area contributed by atoms with E-state index in [2.05, 4.69) is 26.1 Å². The Balaban J connectivity index is 2.43. The second-order valence-corrected chi connectivity index (χ2v) is 5.56. The predicted octanol–water partition coefficient (Wildman–Crippen LogP) is 1.81. The summed E-state index contributed by atoms with van der Waals surface area (Å²) in [5.41, 5.74) is 1.27. The molecule has 1 aromatic heterocycles. The zero-order valence-corrected chi connectivity index (χ0v) is 12.3. The largest absolute Gasteiger partial charge is 0.481 e. The van der Waals surface area contributed by atoms with E-state index < -0.39 is 11.7 Å². The Bertz CT molecular complexity index is 680. The van der Waals surface area contributed by atoms with Crippen molar-refractivity contribution >= 4 is 33.7 Å². The molecule has 0 atom stereocenters. The van der Waals surface area contributed by atoms with Gasteiger partial charge in [-0.1, -0.05) is 33.8 Å². The molecule has 8 heteroatoms. The molecule has 0 aliphatic heterocycles. The molecule has 0 amide bonds. The molecule has 6 nitrogen and oxygen atoms in total. The zero-order valence-electron chi connectivity index (χ0n) is 9.88. The summed E-state index contributed by atoms with van der Waals surface area (Å²) in [6.45, 7) is 1.94. The fraction of sp³-hybridized carbons (Fsp3) is 0.182. The molecule has 2 N–H and O–H groups in total. The molecule has 0 unspecified atom stereocenters. The fourth-order valence-electron chi connectivity index (χ4n) is 1.45. The number of benzene rings is 1. The lowest BCUT2D eigenvalue weighted by atomic mass is 10.2. The number of carboxylic acids is 1. The van der Waals surface area contributed by atoms with Crippen molar-refractivity contribution in [3.63, 3.8) is 0 Å². The highest BCUT2D eigenvalue weighted by molar-refractivity contribution is 9.10. The normalized spacial score (nSPS) is 10.6. The minimum atomic E-state index is -0.961. The summed E-state index contributed by atoms with van der Waals surface area (Å²) in [5.74, 6) is -1.12. The first-order chi connectivity index (χ1) is 8.99. The van der Waals surface area contributed by atoms with Crippen molar-refractivity contribution in [1.82, 2.24) is 14.8 Å². The van der Waals surface area contributed by atoms with Gasteiger partial charge in [-0.15, -0.1) is 5.10 Å². The molecule has 0 radical (unpaired) electrons. The molecule has 0 fully saturated rings. The van der Waals surface area contributed by atoms with Gasteiger partial charge in [-0.05, 0) is 24.6 Å². The third kappa shape index (κ3) is 3.07. The van der Waals surface area contributed by atoms with Crippen LogP contribution in [0, 0.1) is 6.92 Å². The number of aliphatic carboxylic acids is 1. The molecule has 19 heavy (non-hydrogen) atoms. The van der Waals surface area contributed by atoms with Gasteiger partial charge in [0.15, 0.2) is 5.16 Å². The van der Waals surface area contributed by atoms with Crippen molar-refractivity contribution in [2.75, 3.05) is 5.75 Å². The first kappa shape index (κ1) is 13.9. The van der Waals surface area contributed by atoms with Crippen molar-refractivity contribution in [2.24, 2.45) is 0 Å². The molecule has 0 aliphatic rings. The first-order valence-corrected chi connectivity index (χ1v) is 7.05. The lowest BCUT2D eigenvalue weighted by Gasteiger charge is -2.06. The predicted molar refractivity (Wildman–Crippen MR) is 75.0 cm³/mol. The third-order valence-electron chi connectivity index (χ3n) is 2.38. The second-order valence-electron chi connectivity index (χ2n) is 3.76. The molecule has 0 saturated heterocycles. The SMILES string of the molecule is Cc1ccc(-n2c(SCC(=O)O)n[nH]c2=O)cc1Br. The van der Waals surface area contributed by atoms with Crippen LogP contribution in [0.15, 0.2) is 32.6 Å². The van der Waals surface area contributed by atoms with Crippen LogP contribution in [0.1, 0.15) is 5.56 Å². The molecule has 0 aliphatic carbocycles. The Hall–Kier alpha value is -1.54. The highest BCUT2D eigenvalue weighted by Crippen LogP contribution is 2.22. The first-order valence-electron chi connectivity index (χ1n) is 5.27. The average Bonchev–Trinajstić information content (AvgIpc) is 2.71. The number of halogens is 1. The zero-order chi connectivity index (χ0) is 14.0. The standard InChI is InChI=1S/C11H10BrN3O3S/c1-6-2-3-7(4-8(6)12)15-10(18)13-14-11(15)19-5-9(16)17/h2-4H,5H2,1H3,(H,13,18)(H,16,17). The maximum absolute atomic E-state index is 11.8. The summed E-state index contributed by atoms with van der Waals surface area (Å²) >= 11 is 4.38. The number of aromatic nitrogens is 3. The van der Waals surface area contributed by atoms with E-state index >= 15 is 0 Å². The van der Waals surface area contributed by atoms with Crippen LogP contribution in [0.5, 0.6) is 0 Å². The van der Waals surface area contributed by atoms with Crippen LogP contribution < -0.4 is 5.69 Å². The summed E-state index contributed by atoms with van der Waals surface area (Å²) in [6.07, 6.45) is 0. The van der Waals surface area contributed by atoms with Crippen LogP contribution in [-0.4, -0.2) is 31.6 Å². The van der Waals surface area contributed by atoms with Crippen LogP contribution in [0.3, 0.4) is 0 Å². The van der Waals surface area contributed by atoms with E-state index in [1.165, 1.54) is 4.57 Å². The number of nitrogens with one attached hydrogen (secondary N) is 1. The molecule has 0 spiro atoms. The smallest absolute Gasteiger partial charge is 0.348 e. The van der Waals surface area contributed by atoms with Crippen molar-refractivity contribution in [3.05, 3.63) is 38.7 Å². The molecular formula is C11H10BrN3O3S. The summed E-state index contributed by atoms with van der Waals surface area (Å²) in [4.78, 5) is 22.3. The van der Waals surface area contributed by atoms with Crippen LogP contribution in [-0.2, 0) is 4.79 Å². The Morgan fingerprint density at radius 3 is 2.95 bits per heavy atom. The number of aromatic amines is 1. The van der Waals surface area contributed by atoms with Gasteiger partial charge < -0.3 is 5.11 Å². The van der Waals surface area contributed by atoms with Crippen LogP contribution >= 0.6 is 27.7 Å². The summed E-state index contributed by atoms with van der Waals surface area (Å²) in [7, 11) is 0. The molecule has 100 valence electrons. The number of nitrogens with zero attached hydrogens (tertiary/aromatic N) is 2. The van der Waals surface area contributed by atoms with Gasteiger partial charge in [0.05, 0.1) is 11.4 Å². The fourth-order valence-corrected chi connectivity index (χ4v) is 2.50. The van der Waals surface area contributed by atoms with E-state index in [-0.39, 0.29) is 5.75 Å². The van der Waals surface area contributed by atoms with Crippen molar-refractivity contribution < 1.29 is 9.90 Å². The van der Waals surface area contributed by atoms with E-state index in [9.17, 15) is 9.59 Å². The molecule has 2 aromatic rings. The molecule has 1 aromatic carbocycles. The number of thioether (sulfide) groups is 1. The van der Waals surface area contributed by atoms with Crippen molar-refractivity contribution in [1.29, 1.82) is 0 Å². The lowest BCUT2D eigenvalue weighted by Crippen LogP contribution is -2.16. The number of hydrogen-bond acceptors (Lipinski definition) is 4. The minimum Gasteiger partial charge on any atom is -0.481 e. The van der Waals surface area contributed by atoms with Crippen molar-refractivity contribution in [3.8, 4) is 5.69 Å². The summed E-state index contributed by atoms with van der Waals surface area (Å²) in [6, 6.07) is 5.43. The number of carbonyl (C=O) groups is 1. The quantitative estimate of drug-likeness (QED) is 0.826. The number of rotatable bonds is 4. The summed E-state index contributed by atoms with van der Waals surface area (Å²) < 4.78 is 2.21. The molecule has 0 bridgehead atoms. The number of hydrogen-bond donors (Lipinski definition) is 2. The highest BCUT2D eigenvalue weighted by Gasteiger charge is 2.13. The van der Waals surface area contributed by atoms with Gasteiger partial charge in [-0.25, -0.2) is 14.5 Å². The maximum atomic E-state index is 11.8. The van der Waals surface area contributed by atoms with Gasteiger partial charge in [0.25, 0.3) is 0 Å². The van der Waals surface area contributed by atoms with Gasteiger partial charge in [-0.2, -0.15) is 0 Å². The van der Waals surface area contributed by atoms with E-state index in [1.807, 2.05) is 13.0 Å². The van der Waals surface area contributed by atoms with Gasteiger partial charge >= 0.3 is 11.7 Å². The number of H-pyrrole nitrogens is 1. The van der Waals surface area contributed by atoms with Crippen LogP contribution in [0.2, 0.25) is 0 Å². The monoisotopic (exact) mass is 343 g/mol. The van der Waals surface area contributed by atoms with Crippen LogP contribution in [0.4, 0.5) is 0 Å². The number of carboxylic acid groups (broad SMARTS) is 1. The maximum Gasteiger partial charge on any atom is 0.348 e. The van der Waals surface area contributed by atoms with E-state index in [0.717, 1.165) is 21.8 Å². The average molecular weight is 344 g/mol. The highest BCUT2D eigenvalue weighted by atomic mass is 79.9. The molecule has 0 saturated carbocycles. The number of aryl methyl sites for hydroxylation is 1. The molecule has 1 heterocycles. The van der Waals surface area contributed by atoms with E-state index in [4.69, 9.17) is 5.11 Å². The summed E-state index contributed by atoms with van der Waals surface area (Å²) in [5, 5.41) is 15.1. The molecular weight excluding hydrogens is 334 g/mol. The topological polar surface area (TPSA) is 88.0 Å². The van der Waals surface area contributed by atoms with Crippen molar-refractivity contribution in [2.45, 2.75) is 12.1 Å². The minimum absolute atomic E-state index is 0.155. The van der Waals surface area contributed by atoms with E-state index in [1.54, 1.807) is 12.1 Å². The van der Waals surface area contributed by atoms with Gasteiger partial charge in [-0.3, -0.25) is 4.79 Å².